The first-order valence-corrected chi connectivity index (χ1v) is 9.02. The Morgan fingerprint density at radius 1 is 1.48 bits per heavy atom. The fourth-order valence-electron chi connectivity index (χ4n) is 3.72. The number of aliphatic carboxylic acids is 1. The minimum absolute atomic E-state index is 0.0177. The number of primary amides is 1. The summed E-state index contributed by atoms with van der Waals surface area (Å²) in [5, 5.41) is 22.7. The zero-order chi connectivity index (χ0) is 18.3. The molecule has 0 radical (unpaired) electrons. The SMILES string of the molecule is C[C@@H](O)[C@H]1C(=O)N2C(C(=O)O)=C(S[C@@H]3CN[C@H](C=CC(N)=O)C3)C[C@H]12. The summed E-state index contributed by atoms with van der Waals surface area (Å²) in [6.07, 6.45) is 3.45. The molecule has 0 aromatic heterocycles. The van der Waals surface area contributed by atoms with Gasteiger partial charge in [0.25, 0.3) is 0 Å². The highest BCUT2D eigenvalue weighted by Crippen LogP contribution is 2.48. The van der Waals surface area contributed by atoms with Crippen LogP contribution in [0.15, 0.2) is 22.8 Å². The van der Waals surface area contributed by atoms with Gasteiger partial charge in [0.15, 0.2) is 0 Å². The molecule has 0 aromatic rings. The monoisotopic (exact) mass is 367 g/mol. The number of aliphatic hydroxyl groups is 1. The number of thioether (sulfide) groups is 1. The molecule has 0 unspecified atom stereocenters. The van der Waals surface area contributed by atoms with Gasteiger partial charge in [-0.2, -0.15) is 0 Å². The molecule has 0 spiro atoms. The van der Waals surface area contributed by atoms with Gasteiger partial charge in [0, 0.05) is 35.2 Å². The van der Waals surface area contributed by atoms with Crippen LogP contribution in [0.25, 0.3) is 0 Å². The number of carbonyl (C=O) groups is 3. The van der Waals surface area contributed by atoms with E-state index in [1.807, 2.05) is 0 Å². The van der Waals surface area contributed by atoms with Gasteiger partial charge in [-0.05, 0) is 13.3 Å². The molecular formula is C16H21N3O5S. The molecule has 5 atom stereocenters. The molecule has 0 saturated carbocycles. The molecule has 0 aliphatic carbocycles. The second kappa shape index (κ2) is 6.81. The summed E-state index contributed by atoms with van der Waals surface area (Å²) in [5.74, 6) is -2.46. The summed E-state index contributed by atoms with van der Waals surface area (Å²) in [6.45, 7) is 2.23. The van der Waals surface area contributed by atoms with Crippen LogP contribution in [0.4, 0.5) is 0 Å². The molecule has 2 fully saturated rings. The lowest BCUT2D eigenvalue weighted by Gasteiger charge is -2.44. The predicted octanol–water partition coefficient (Wildman–Crippen LogP) is -0.601. The highest BCUT2D eigenvalue weighted by Gasteiger charge is 2.57. The van der Waals surface area contributed by atoms with Crippen molar-refractivity contribution in [3.8, 4) is 0 Å². The minimum Gasteiger partial charge on any atom is -0.477 e. The van der Waals surface area contributed by atoms with E-state index in [1.54, 1.807) is 13.0 Å². The lowest BCUT2D eigenvalue weighted by Crippen LogP contribution is -2.61. The Balaban J connectivity index is 1.69. The van der Waals surface area contributed by atoms with E-state index in [0.717, 1.165) is 6.42 Å². The number of hydrogen-bond donors (Lipinski definition) is 4. The van der Waals surface area contributed by atoms with Crippen molar-refractivity contribution in [3.05, 3.63) is 22.8 Å². The van der Waals surface area contributed by atoms with E-state index >= 15 is 0 Å². The highest BCUT2D eigenvalue weighted by molar-refractivity contribution is 8.03. The number of carbonyl (C=O) groups excluding carboxylic acids is 2. The Morgan fingerprint density at radius 3 is 2.80 bits per heavy atom. The maximum Gasteiger partial charge on any atom is 0.353 e. The molecule has 5 N–H and O–H groups in total. The molecule has 0 bridgehead atoms. The number of carboxylic acids is 1. The van der Waals surface area contributed by atoms with Gasteiger partial charge in [0.2, 0.25) is 11.8 Å². The number of rotatable bonds is 6. The van der Waals surface area contributed by atoms with E-state index in [-0.39, 0.29) is 28.9 Å². The van der Waals surface area contributed by atoms with Crippen LogP contribution < -0.4 is 11.1 Å². The van der Waals surface area contributed by atoms with Crippen molar-refractivity contribution in [2.75, 3.05) is 6.54 Å². The fourth-order valence-corrected chi connectivity index (χ4v) is 5.17. The van der Waals surface area contributed by atoms with Gasteiger partial charge < -0.3 is 26.2 Å². The van der Waals surface area contributed by atoms with Crippen molar-refractivity contribution in [1.29, 1.82) is 0 Å². The van der Waals surface area contributed by atoms with E-state index < -0.39 is 23.9 Å². The molecule has 136 valence electrons. The molecule has 3 heterocycles. The number of carboxylic acid groups (broad SMARTS) is 1. The average Bonchev–Trinajstić information content (AvgIpc) is 3.08. The largest absolute Gasteiger partial charge is 0.477 e. The second-order valence-electron chi connectivity index (χ2n) is 6.57. The van der Waals surface area contributed by atoms with Gasteiger partial charge >= 0.3 is 5.97 Å². The van der Waals surface area contributed by atoms with Crippen molar-refractivity contribution < 1.29 is 24.6 Å². The number of nitrogens with zero attached hydrogens (tertiary/aromatic N) is 1. The third-order valence-corrected chi connectivity index (χ3v) is 6.15. The van der Waals surface area contributed by atoms with Crippen LogP contribution in [-0.2, 0) is 14.4 Å². The first kappa shape index (κ1) is 18.0. The van der Waals surface area contributed by atoms with Crippen LogP contribution in [0.3, 0.4) is 0 Å². The Morgan fingerprint density at radius 2 is 2.20 bits per heavy atom. The zero-order valence-corrected chi connectivity index (χ0v) is 14.5. The van der Waals surface area contributed by atoms with Crippen LogP contribution in [0.1, 0.15) is 19.8 Å². The highest BCUT2D eigenvalue weighted by atomic mass is 32.2. The van der Waals surface area contributed by atoms with E-state index in [9.17, 15) is 24.6 Å². The summed E-state index contributed by atoms with van der Waals surface area (Å²) >= 11 is 1.46. The average molecular weight is 367 g/mol. The maximum atomic E-state index is 12.2. The van der Waals surface area contributed by atoms with Crippen LogP contribution in [0.5, 0.6) is 0 Å². The van der Waals surface area contributed by atoms with E-state index in [4.69, 9.17) is 5.73 Å². The van der Waals surface area contributed by atoms with Crippen molar-refractivity contribution in [1.82, 2.24) is 10.2 Å². The summed E-state index contributed by atoms with van der Waals surface area (Å²) in [7, 11) is 0. The van der Waals surface area contributed by atoms with E-state index in [0.29, 0.717) is 17.9 Å². The van der Waals surface area contributed by atoms with Gasteiger partial charge in [-0.25, -0.2) is 4.79 Å². The minimum atomic E-state index is -1.11. The summed E-state index contributed by atoms with van der Waals surface area (Å²) in [4.78, 5) is 36.6. The lowest BCUT2D eigenvalue weighted by molar-refractivity contribution is -0.161. The molecule has 3 rings (SSSR count). The molecule has 25 heavy (non-hydrogen) atoms. The molecule has 0 aromatic carbocycles. The quantitative estimate of drug-likeness (QED) is 0.364. The third kappa shape index (κ3) is 3.31. The van der Waals surface area contributed by atoms with Crippen molar-refractivity contribution in [3.63, 3.8) is 0 Å². The molecule has 2 amide bonds. The fraction of sp³-hybridized carbons (Fsp3) is 0.562. The number of β-lactam (4-membered cyclic amide) rings is 1. The van der Waals surface area contributed by atoms with Crippen molar-refractivity contribution >= 4 is 29.5 Å². The van der Waals surface area contributed by atoms with Gasteiger partial charge in [0.1, 0.15) is 5.70 Å². The van der Waals surface area contributed by atoms with Gasteiger partial charge in [-0.3, -0.25) is 9.59 Å². The molecule has 8 nitrogen and oxygen atoms in total. The van der Waals surface area contributed by atoms with Crippen LogP contribution >= 0.6 is 11.8 Å². The first-order chi connectivity index (χ1) is 11.8. The number of amides is 2. The standard InChI is InChI=1S/C16H21N3O5S/c1-7(20)13-10-5-11(14(16(23)24)19(10)15(13)22)25-9-4-8(18-6-9)2-3-12(17)21/h2-3,7-10,13,18,20H,4-6H2,1H3,(H2,17,21)(H,23,24)/t7-,8-,9+,10-,13-/m1/s1. The van der Waals surface area contributed by atoms with Crippen molar-refractivity contribution in [2.24, 2.45) is 11.7 Å². The molecule has 3 aliphatic heterocycles. The number of aliphatic hydroxyl groups excluding tert-OH is 1. The Hall–Kier alpha value is -1.84. The summed E-state index contributed by atoms with van der Waals surface area (Å²) < 4.78 is 0. The number of hydrogen-bond acceptors (Lipinski definition) is 6. The second-order valence-corrected chi connectivity index (χ2v) is 7.97. The molecule has 2 saturated heterocycles. The smallest absolute Gasteiger partial charge is 0.353 e. The summed E-state index contributed by atoms with van der Waals surface area (Å²) in [6, 6.07) is -0.245. The molecular weight excluding hydrogens is 346 g/mol. The zero-order valence-electron chi connectivity index (χ0n) is 13.7. The van der Waals surface area contributed by atoms with E-state index in [1.165, 1.54) is 22.7 Å². The van der Waals surface area contributed by atoms with Gasteiger partial charge in [-0.1, -0.05) is 6.08 Å². The van der Waals surface area contributed by atoms with Crippen LogP contribution in [-0.4, -0.2) is 62.9 Å². The summed E-state index contributed by atoms with van der Waals surface area (Å²) in [5.41, 5.74) is 5.14. The Kier molecular flexibility index (Phi) is 4.90. The van der Waals surface area contributed by atoms with Crippen molar-refractivity contribution in [2.45, 2.75) is 43.2 Å². The number of nitrogens with two attached hydrogens (primary N) is 1. The third-order valence-electron chi connectivity index (χ3n) is 4.82. The topological polar surface area (TPSA) is 133 Å². The van der Waals surface area contributed by atoms with Gasteiger partial charge in [0.05, 0.1) is 18.1 Å². The first-order valence-electron chi connectivity index (χ1n) is 8.14. The Bertz CT molecular complexity index is 675. The number of fused-ring (bicyclic) bond motifs is 1. The molecule has 3 aliphatic rings. The van der Waals surface area contributed by atoms with E-state index in [2.05, 4.69) is 5.32 Å². The van der Waals surface area contributed by atoms with Gasteiger partial charge in [-0.15, -0.1) is 11.8 Å². The predicted molar refractivity (Wildman–Crippen MR) is 91.2 cm³/mol. The number of nitrogens with one attached hydrogen (secondary N) is 1. The maximum absolute atomic E-state index is 12.2. The Labute approximate surface area is 149 Å². The normalized spacial score (nSPS) is 32.9. The lowest BCUT2D eigenvalue weighted by atomic mass is 9.83. The molecule has 9 heteroatoms. The van der Waals surface area contributed by atoms with Crippen LogP contribution in [0.2, 0.25) is 0 Å². The van der Waals surface area contributed by atoms with Crippen LogP contribution in [0, 0.1) is 5.92 Å².